The molecule has 4 nitrogen and oxygen atoms in total. The second-order valence-corrected chi connectivity index (χ2v) is 4.95. The second-order valence-electron chi connectivity index (χ2n) is 3.79. The summed E-state index contributed by atoms with van der Waals surface area (Å²) >= 11 is -0.189. The number of nitrogens with one attached hydrogen (secondary N) is 1. The summed E-state index contributed by atoms with van der Waals surface area (Å²) in [5, 5.41) is 11.0. The summed E-state index contributed by atoms with van der Waals surface area (Å²) in [5.74, 6) is 4.65. The van der Waals surface area contributed by atoms with E-state index < -0.39 is 11.4 Å². The summed E-state index contributed by atoms with van der Waals surface area (Å²) in [5.41, 5.74) is -3.57. The van der Waals surface area contributed by atoms with E-state index in [0.29, 0.717) is 12.0 Å². The molecule has 1 amide bonds. The molecule has 0 atom stereocenters. The van der Waals surface area contributed by atoms with Crippen LogP contribution in [0, 0.1) is 11.8 Å². The fourth-order valence-electron chi connectivity index (χ4n) is 1.29. The minimum atomic E-state index is -4.30. The van der Waals surface area contributed by atoms with E-state index in [2.05, 4.69) is 22.1 Å². The van der Waals surface area contributed by atoms with Gasteiger partial charge in [0.1, 0.15) is 0 Å². The van der Waals surface area contributed by atoms with Crippen LogP contribution in [0.5, 0.6) is 0 Å². The fraction of sp³-hybridized carbons (Fsp3) is 0.385. The molecule has 0 spiro atoms. The lowest BCUT2D eigenvalue weighted by Gasteiger charge is -2.07. The van der Waals surface area contributed by atoms with E-state index in [9.17, 15) is 18.0 Å². The Kier molecular flexibility index (Phi) is 7.05. The van der Waals surface area contributed by atoms with Crippen LogP contribution in [0.4, 0.5) is 13.2 Å². The van der Waals surface area contributed by atoms with Gasteiger partial charge in [0.25, 0.3) is 5.91 Å². The Bertz CT molecular complexity index is 538. The van der Waals surface area contributed by atoms with Crippen LogP contribution in [0.1, 0.15) is 22.3 Å². The monoisotopic (exact) mass is 318 g/mol. The molecular formula is C13H13F3N2O2S. The molecule has 0 unspecified atom stereocenters. The van der Waals surface area contributed by atoms with Crippen molar-refractivity contribution in [1.82, 2.24) is 10.3 Å². The normalized spacial score (nSPS) is 10.7. The maximum absolute atomic E-state index is 11.9. The van der Waals surface area contributed by atoms with Gasteiger partial charge in [0.05, 0.1) is 12.2 Å². The number of amides is 1. The first kappa shape index (κ1) is 17.3. The summed E-state index contributed by atoms with van der Waals surface area (Å²) in [4.78, 5) is 15.6. The Morgan fingerprint density at radius 2 is 2.19 bits per heavy atom. The Hall–Kier alpha value is -1.72. The third kappa shape index (κ3) is 7.58. The molecule has 0 fully saturated rings. The first-order chi connectivity index (χ1) is 9.92. The molecule has 1 rings (SSSR count). The molecule has 114 valence electrons. The van der Waals surface area contributed by atoms with Gasteiger partial charge in [0.15, 0.2) is 0 Å². The van der Waals surface area contributed by atoms with E-state index in [1.165, 1.54) is 18.5 Å². The molecule has 1 aromatic heterocycles. The number of aliphatic hydroxyl groups is 1. The molecule has 1 heterocycles. The molecule has 8 heteroatoms. The Balaban J connectivity index is 2.51. The van der Waals surface area contributed by atoms with Crippen molar-refractivity contribution in [2.75, 3.05) is 18.9 Å². The Morgan fingerprint density at radius 3 is 2.86 bits per heavy atom. The largest absolute Gasteiger partial charge is 0.441 e. The van der Waals surface area contributed by atoms with Crippen LogP contribution in [-0.2, 0) is 0 Å². The molecule has 1 aromatic rings. The number of alkyl halides is 3. The van der Waals surface area contributed by atoms with Gasteiger partial charge in [0, 0.05) is 36.7 Å². The lowest BCUT2D eigenvalue weighted by atomic mass is 10.2. The number of carbonyl (C=O) groups excluding carboxylic acids is 1. The van der Waals surface area contributed by atoms with Gasteiger partial charge in [-0.15, -0.1) is 0 Å². The predicted octanol–water partition coefficient (Wildman–Crippen LogP) is 1.80. The van der Waals surface area contributed by atoms with Crippen LogP contribution in [0.15, 0.2) is 18.5 Å². The highest BCUT2D eigenvalue weighted by Crippen LogP contribution is 2.29. The molecular weight excluding hydrogens is 305 g/mol. The highest BCUT2D eigenvalue weighted by Gasteiger charge is 2.27. The van der Waals surface area contributed by atoms with Crippen molar-refractivity contribution in [2.45, 2.75) is 11.9 Å². The Labute approximate surface area is 124 Å². The topological polar surface area (TPSA) is 62.2 Å². The number of halogens is 3. The quantitative estimate of drug-likeness (QED) is 0.642. The van der Waals surface area contributed by atoms with E-state index in [0.717, 1.165) is 0 Å². The third-order valence-corrected chi connectivity index (χ3v) is 2.86. The van der Waals surface area contributed by atoms with Gasteiger partial charge >= 0.3 is 5.51 Å². The average Bonchev–Trinajstić information content (AvgIpc) is 2.43. The van der Waals surface area contributed by atoms with Gasteiger partial charge in [0.2, 0.25) is 0 Å². The van der Waals surface area contributed by atoms with Gasteiger partial charge in [-0.2, -0.15) is 13.2 Å². The SMILES string of the molecule is O=C(NCCSC(F)(F)F)c1cncc(C#CCCO)c1. The van der Waals surface area contributed by atoms with Crippen molar-refractivity contribution in [1.29, 1.82) is 0 Å². The zero-order chi connectivity index (χ0) is 15.7. The van der Waals surface area contributed by atoms with Gasteiger partial charge in [-0.25, -0.2) is 0 Å². The summed E-state index contributed by atoms with van der Waals surface area (Å²) in [6.07, 6.45) is 3.08. The lowest BCUT2D eigenvalue weighted by Crippen LogP contribution is -2.26. The minimum absolute atomic E-state index is 0.0581. The van der Waals surface area contributed by atoms with Crippen molar-refractivity contribution in [2.24, 2.45) is 0 Å². The number of pyridine rings is 1. The van der Waals surface area contributed by atoms with Gasteiger partial charge < -0.3 is 10.4 Å². The molecule has 0 bridgehead atoms. The standard InChI is InChI=1S/C13H13F3N2O2S/c14-13(15,16)21-6-4-18-12(20)11-7-10(8-17-9-11)3-1-2-5-19/h7-9,19H,2,4-6H2,(H,18,20). The number of nitrogens with zero attached hydrogens (tertiary/aromatic N) is 1. The molecule has 0 aromatic carbocycles. The first-order valence-corrected chi connectivity index (χ1v) is 6.94. The molecule has 21 heavy (non-hydrogen) atoms. The number of aliphatic hydroxyl groups excluding tert-OH is 1. The molecule has 0 aliphatic heterocycles. The van der Waals surface area contributed by atoms with Gasteiger partial charge in [-0.3, -0.25) is 9.78 Å². The number of carbonyl (C=O) groups is 1. The molecule has 0 saturated carbocycles. The van der Waals surface area contributed by atoms with E-state index in [4.69, 9.17) is 5.11 Å². The number of aromatic nitrogens is 1. The average molecular weight is 318 g/mol. The van der Waals surface area contributed by atoms with E-state index in [1.807, 2.05) is 0 Å². The van der Waals surface area contributed by atoms with Crippen LogP contribution in [-0.4, -0.2) is 40.4 Å². The van der Waals surface area contributed by atoms with E-state index >= 15 is 0 Å². The second kappa shape index (κ2) is 8.54. The first-order valence-electron chi connectivity index (χ1n) is 5.96. The number of rotatable bonds is 5. The van der Waals surface area contributed by atoms with E-state index in [1.54, 1.807) is 0 Å². The Morgan fingerprint density at radius 1 is 1.43 bits per heavy atom. The molecule has 2 N–H and O–H groups in total. The molecule has 0 aliphatic carbocycles. The van der Waals surface area contributed by atoms with Crippen LogP contribution in [0.2, 0.25) is 0 Å². The van der Waals surface area contributed by atoms with Gasteiger partial charge in [-0.05, 0) is 17.8 Å². The predicted molar refractivity (Wildman–Crippen MR) is 73.7 cm³/mol. The van der Waals surface area contributed by atoms with Crippen LogP contribution in [0.3, 0.4) is 0 Å². The number of hydrogen-bond donors (Lipinski definition) is 2. The van der Waals surface area contributed by atoms with Crippen molar-refractivity contribution in [3.8, 4) is 11.8 Å². The highest BCUT2D eigenvalue weighted by atomic mass is 32.2. The summed E-state index contributed by atoms with van der Waals surface area (Å²) in [6, 6.07) is 1.49. The zero-order valence-electron chi connectivity index (χ0n) is 10.9. The van der Waals surface area contributed by atoms with Crippen LogP contribution in [0.25, 0.3) is 0 Å². The van der Waals surface area contributed by atoms with Crippen molar-refractivity contribution in [3.63, 3.8) is 0 Å². The maximum atomic E-state index is 11.9. The van der Waals surface area contributed by atoms with Crippen LogP contribution < -0.4 is 5.32 Å². The van der Waals surface area contributed by atoms with Crippen molar-refractivity contribution in [3.05, 3.63) is 29.6 Å². The summed E-state index contributed by atoms with van der Waals surface area (Å²) < 4.78 is 35.7. The van der Waals surface area contributed by atoms with Crippen molar-refractivity contribution < 1.29 is 23.1 Å². The fourth-order valence-corrected chi connectivity index (χ4v) is 1.72. The maximum Gasteiger partial charge on any atom is 0.441 e. The summed E-state index contributed by atoms with van der Waals surface area (Å²) in [6.45, 7) is -0.152. The highest BCUT2D eigenvalue weighted by molar-refractivity contribution is 8.00. The van der Waals surface area contributed by atoms with Crippen molar-refractivity contribution >= 4 is 17.7 Å². The van der Waals surface area contributed by atoms with Gasteiger partial charge in [-0.1, -0.05) is 11.8 Å². The molecule has 0 radical (unpaired) electrons. The molecule has 0 aliphatic rings. The van der Waals surface area contributed by atoms with Crippen LogP contribution >= 0.6 is 11.8 Å². The lowest BCUT2D eigenvalue weighted by molar-refractivity contribution is -0.0327. The number of hydrogen-bond acceptors (Lipinski definition) is 4. The number of thioether (sulfide) groups is 1. The summed E-state index contributed by atoms with van der Waals surface area (Å²) in [7, 11) is 0. The minimum Gasteiger partial charge on any atom is -0.395 e. The van der Waals surface area contributed by atoms with E-state index in [-0.39, 0.29) is 36.2 Å². The molecule has 0 saturated heterocycles. The third-order valence-electron chi connectivity index (χ3n) is 2.12. The smallest absolute Gasteiger partial charge is 0.395 e. The zero-order valence-corrected chi connectivity index (χ0v) is 11.7.